The Labute approximate surface area is 140 Å². The highest BCUT2D eigenvalue weighted by Gasteiger charge is 2.10. The molecule has 0 spiro atoms. The minimum Gasteiger partial charge on any atom is -0.481 e. The van der Waals surface area contributed by atoms with Crippen LogP contribution in [0.1, 0.15) is 0 Å². The molecule has 0 aliphatic rings. The fourth-order valence-electron chi connectivity index (χ4n) is 1.97. The van der Waals surface area contributed by atoms with E-state index in [9.17, 15) is 9.59 Å². The summed E-state index contributed by atoms with van der Waals surface area (Å²) in [6, 6.07) is 17.1. The molecule has 2 aromatic carbocycles. The normalized spacial score (nSPS) is 9.62. The second-order valence-corrected chi connectivity index (χ2v) is 4.79. The number of esters is 1. The van der Waals surface area contributed by atoms with Crippen LogP contribution in [0.3, 0.4) is 0 Å². The molecule has 0 radical (unpaired) electrons. The number of carbonyl (C=O) groups excluding carboxylic acids is 2. The van der Waals surface area contributed by atoms with Crippen molar-refractivity contribution in [3.8, 4) is 29.2 Å². The van der Waals surface area contributed by atoms with Crippen molar-refractivity contribution in [1.29, 1.82) is 0 Å². The molecule has 0 aromatic heterocycles. The Morgan fingerprint density at radius 1 is 1.00 bits per heavy atom. The van der Waals surface area contributed by atoms with Crippen molar-refractivity contribution in [2.45, 2.75) is 0 Å². The number of hydrogen-bond donors (Lipinski definition) is 1. The molecule has 0 aliphatic heterocycles. The van der Waals surface area contributed by atoms with Crippen LogP contribution in [0, 0.1) is 12.3 Å². The van der Waals surface area contributed by atoms with Gasteiger partial charge in [0.15, 0.2) is 13.2 Å². The molecule has 5 nitrogen and oxygen atoms in total. The van der Waals surface area contributed by atoms with Gasteiger partial charge < -0.3 is 14.8 Å². The molecule has 122 valence electrons. The maximum absolute atomic E-state index is 11.7. The van der Waals surface area contributed by atoms with Crippen LogP contribution in [0.25, 0.3) is 11.1 Å². The van der Waals surface area contributed by atoms with Crippen molar-refractivity contribution in [2.24, 2.45) is 0 Å². The first-order chi connectivity index (χ1) is 11.7. The minimum absolute atomic E-state index is 0.0946. The first kappa shape index (κ1) is 17.1. The third-order valence-electron chi connectivity index (χ3n) is 3.07. The molecule has 0 aliphatic carbocycles. The Morgan fingerprint density at radius 2 is 1.71 bits per heavy atom. The Bertz CT molecular complexity index is 735. The molecule has 0 fully saturated rings. The summed E-state index contributed by atoms with van der Waals surface area (Å²) in [5, 5.41) is 2.40. The maximum Gasteiger partial charge on any atom is 0.344 e. The van der Waals surface area contributed by atoms with Crippen LogP contribution in [0.5, 0.6) is 5.75 Å². The van der Waals surface area contributed by atoms with E-state index in [1.54, 1.807) is 6.07 Å². The van der Waals surface area contributed by atoms with E-state index in [0.29, 0.717) is 5.75 Å². The SMILES string of the molecule is C#CCNC(=O)COC(=O)COc1ccccc1-c1ccccc1. The van der Waals surface area contributed by atoms with E-state index >= 15 is 0 Å². The van der Waals surface area contributed by atoms with Gasteiger partial charge in [-0.25, -0.2) is 4.79 Å². The highest BCUT2D eigenvalue weighted by Crippen LogP contribution is 2.29. The van der Waals surface area contributed by atoms with Crippen LogP contribution in [-0.2, 0) is 14.3 Å². The molecule has 1 amide bonds. The van der Waals surface area contributed by atoms with Gasteiger partial charge >= 0.3 is 5.97 Å². The number of carbonyl (C=O) groups is 2. The highest BCUT2D eigenvalue weighted by molar-refractivity contribution is 5.81. The summed E-state index contributed by atoms with van der Waals surface area (Å²) >= 11 is 0. The minimum atomic E-state index is -0.631. The molecule has 0 bridgehead atoms. The Kier molecular flexibility index (Phi) is 6.42. The zero-order valence-electron chi connectivity index (χ0n) is 13.0. The van der Waals surface area contributed by atoms with E-state index in [1.807, 2.05) is 48.5 Å². The number of amides is 1. The lowest BCUT2D eigenvalue weighted by molar-refractivity contribution is -0.150. The fraction of sp³-hybridized carbons (Fsp3) is 0.158. The van der Waals surface area contributed by atoms with E-state index < -0.39 is 11.9 Å². The number of hydrogen-bond acceptors (Lipinski definition) is 4. The fourth-order valence-corrected chi connectivity index (χ4v) is 1.97. The topological polar surface area (TPSA) is 64.6 Å². The molecular formula is C19H17NO4. The third-order valence-corrected chi connectivity index (χ3v) is 3.07. The van der Waals surface area contributed by atoms with Crippen molar-refractivity contribution in [1.82, 2.24) is 5.32 Å². The molecule has 0 unspecified atom stereocenters. The largest absolute Gasteiger partial charge is 0.481 e. The number of rotatable bonds is 7. The lowest BCUT2D eigenvalue weighted by Gasteiger charge is -2.11. The van der Waals surface area contributed by atoms with Crippen molar-refractivity contribution in [3.63, 3.8) is 0 Å². The molecule has 2 aromatic rings. The summed E-state index contributed by atoms with van der Waals surface area (Å²) < 4.78 is 10.4. The van der Waals surface area contributed by atoms with Crippen LogP contribution in [0.2, 0.25) is 0 Å². The van der Waals surface area contributed by atoms with Gasteiger partial charge in [0.25, 0.3) is 5.91 Å². The summed E-state index contributed by atoms with van der Waals surface area (Å²) in [4.78, 5) is 23.0. The molecule has 24 heavy (non-hydrogen) atoms. The molecule has 0 saturated heterocycles. The first-order valence-corrected chi connectivity index (χ1v) is 7.33. The Morgan fingerprint density at radius 3 is 2.46 bits per heavy atom. The van der Waals surface area contributed by atoms with Crippen LogP contribution in [0.15, 0.2) is 54.6 Å². The van der Waals surface area contributed by atoms with Crippen molar-refractivity contribution in [2.75, 3.05) is 19.8 Å². The summed E-state index contributed by atoms with van der Waals surface area (Å²) in [7, 11) is 0. The second kappa shape index (κ2) is 9.01. The van der Waals surface area contributed by atoms with Gasteiger partial charge in [-0.05, 0) is 11.6 Å². The number of para-hydroxylation sites is 1. The average Bonchev–Trinajstić information content (AvgIpc) is 2.64. The number of nitrogens with one attached hydrogen (secondary N) is 1. The zero-order chi connectivity index (χ0) is 17.2. The van der Waals surface area contributed by atoms with E-state index in [0.717, 1.165) is 11.1 Å². The van der Waals surface area contributed by atoms with Crippen LogP contribution < -0.4 is 10.1 Å². The van der Waals surface area contributed by atoms with Gasteiger partial charge in [-0.2, -0.15) is 0 Å². The summed E-state index contributed by atoms with van der Waals surface area (Å²) in [5.41, 5.74) is 1.85. The molecular weight excluding hydrogens is 306 g/mol. The average molecular weight is 323 g/mol. The van der Waals surface area contributed by atoms with E-state index in [-0.39, 0.29) is 19.8 Å². The number of terminal acetylenes is 1. The smallest absolute Gasteiger partial charge is 0.344 e. The molecule has 0 heterocycles. The molecule has 5 heteroatoms. The number of benzene rings is 2. The van der Waals surface area contributed by atoms with Gasteiger partial charge in [-0.1, -0.05) is 54.5 Å². The quantitative estimate of drug-likeness (QED) is 0.625. The predicted molar refractivity (Wildman–Crippen MR) is 90.2 cm³/mol. The second-order valence-electron chi connectivity index (χ2n) is 4.79. The summed E-state index contributed by atoms with van der Waals surface area (Å²) in [6.07, 6.45) is 5.01. The van der Waals surface area contributed by atoms with Gasteiger partial charge in [0, 0.05) is 5.56 Å². The maximum atomic E-state index is 11.7. The third kappa shape index (κ3) is 5.18. The zero-order valence-corrected chi connectivity index (χ0v) is 13.0. The van der Waals surface area contributed by atoms with E-state index in [2.05, 4.69) is 11.2 Å². The van der Waals surface area contributed by atoms with Gasteiger partial charge in [0.05, 0.1) is 6.54 Å². The van der Waals surface area contributed by atoms with Gasteiger partial charge in [0.2, 0.25) is 0 Å². The molecule has 0 saturated carbocycles. The van der Waals surface area contributed by atoms with Crippen LogP contribution in [-0.4, -0.2) is 31.6 Å². The lowest BCUT2D eigenvalue weighted by atomic mass is 10.1. The van der Waals surface area contributed by atoms with Gasteiger partial charge in [-0.15, -0.1) is 6.42 Å². The Balaban J connectivity index is 1.90. The van der Waals surface area contributed by atoms with E-state index in [1.165, 1.54) is 0 Å². The van der Waals surface area contributed by atoms with Crippen molar-refractivity contribution < 1.29 is 19.1 Å². The highest BCUT2D eigenvalue weighted by atomic mass is 16.6. The van der Waals surface area contributed by atoms with Gasteiger partial charge in [0.1, 0.15) is 5.75 Å². The number of ether oxygens (including phenoxy) is 2. The summed E-state index contributed by atoms with van der Waals surface area (Å²) in [6.45, 7) is -0.576. The predicted octanol–water partition coefficient (Wildman–Crippen LogP) is 2.02. The van der Waals surface area contributed by atoms with Crippen molar-refractivity contribution in [3.05, 3.63) is 54.6 Å². The first-order valence-electron chi connectivity index (χ1n) is 7.33. The van der Waals surface area contributed by atoms with Gasteiger partial charge in [-0.3, -0.25) is 4.79 Å². The lowest BCUT2D eigenvalue weighted by Crippen LogP contribution is -2.30. The van der Waals surface area contributed by atoms with Crippen LogP contribution in [0.4, 0.5) is 0 Å². The Hall–Kier alpha value is -3.26. The van der Waals surface area contributed by atoms with Crippen molar-refractivity contribution >= 4 is 11.9 Å². The van der Waals surface area contributed by atoms with E-state index in [4.69, 9.17) is 15.9 Å². The summed E-state index contributed by atoms with van der Waals surface area (Å²) in [5.74, 6) is 1.74. The monoisotopic (exact) mass is 323 g/mol. The molecule has 1 N–H and O–H groups in total. The molecule has 0 atom stereocenters. The molecule has 2 rings (SSSR count). The van der Waals surface area contributed by atoms with Crippen LogP contribution >= 0.6 is 0 Å². The standard InChI is InChI=1S/C19H17NO4/c1-2-12-20-18(21)13-24-19(22)14-23-17-11-7-6-10-16(17)15-8-4-3-5-9-15/h1,3-11H,12-14H2,(H,20,21).